The summed E-state index contributed by atoms with van der Waals surface area (Å²) >= 11 is 0. The van der Waals surface area contributed by atoms with Crippen molar-refractivity contribution in [3.63, 3.8) is 0 Å². The van der Waals surface area contributed by atoms with Crippen LogP contribution in [0.15, 0.2) is 24.3 Å². The van der Waals surface area contributed by atoms with Gasteiger partial charge in [-0.1, -0.05) is 24.6 Å². The number of hydrogen-bond acceptors (Lipinski definition) is 3. The normalized spacial score (nSPS) is 20.0. The van der Waals surface area contributed by atoms with Crippen molar-refractivity contribution in [3.05, 3.63) is 35.5 Å². The van der Waals surface area contributed by atoms with E-state index in [1.807, 2.05) is 0 Å². The fraction of sp³-hybridized carbons (Fsp3) is 0.579. The molecule has 25 heavy (non-hydrogen) atoms. The van der Waals surface area contributed by atoms with Gasteiger partial charge in [-0.15, -0.1) is 0 Å². The van der Waals surface area contributed by atoms with Crippen molar-refractivity contribution in [2.24, 2.45) is 0 Å². The largest absolute Gasteiger partial charge is 0.343 e. The molecule has 0 bridgehead atoms. The highest BCUT2D eigenvalue weighted by atomic mass is 32.2. The molecule has 4 rings (SSSR count). The van der Waals surface area contributed by atoms with Crippen molar-refractivity contribution in [1.29, 1.82) is 0 Å². The number of likely N-dealkylation sites (tertiary alicyclic amines) is 1. The fourth-order valence-corrected chi connectivity index (χ4v) is 5.13. The molecule has 0 atom stereocenters. The summed E-state index contributed by atoms with van der Waals surface area (Å²) in [6.07, 6.45) is 6.10. The molecule has 1 aromatic heterocycles. The van der Waals surface area contributed by atoms with Crippen LogP contribution >= 0.6 is 0 Å². The molecule has 0 aliphatic carbocycles. The van der Waals surface area contributed by atoms with Crippen LogP contribution in [0, 0.1) is 0 Å². The topological polar surface area (TPSA) is 45.6 Å². The van der Waals surface area contributed by atoms with Gasteiger partial charge in [-0.05, 0) is 37.6 Å². The van der Waals surface area contributed by atoms with E-state index in [2.05, 4.69) is 33.7 Å². The lowest BCUT2D eigenvalue weighted by atomic mass is 10.1. The van der Waals surface area contributed by atoms with Gasteiger partial charge in [-0.3, -0.25) is 0 Å². The molecule has 2 aromatic rings. The first-order chi connectivity index (χ1) is 12.0. The summed E-state index contributed by atoms with van der Waals surface area (Å²) in [4.78, 5) is 2.57. The first-order valence-electron chi connectivity index (χ1n) is 9.30. The van der Waals surface area contributed by atoms with Gasteiger partial charge in [0.1, 0.15) is 0 Å². The van der Waals surface area contributed by atoms with Gasteiger partial charge in [-0.2, -0.15) is 4.31 Å². The molecule has 0 N–H and O–H groups in total. The summed E-state index contributed by atoms with van der Waals surface area (Å²) in [5, 5.41) is 1.21. The first kappa shape index (κ1) is 17.1. The van der Waals surface area contributed by atoms with E-state index in [1.54, 1.807) is 4.31 Å². The van der Waals surface area contributed by atoms with Crippen LogP contribution in [-0.4, -0.2) is 54.6 Å². The molecule has 136 valence electrons. The van der Waals surface area contributed by atoms with E-state index >= 15 is 0 Å². The fourth-order valence-electron chi connectivity index (χ4n) is 4.34. The molecular formula is C19H27N3O2S. The second-order valence-electron chi connectivity index (χ2n) is 7.34. The Hall–Kier alpha value is -1.37. The van der Waals surface area contributed by atoms with Gasteiger partial charge in [0, 0.05) is 49.2 Å². The van der Waals surface area contributed by atoms with Crippen LogP contribution in [0.2, 0.25) is 0 Å². The molecular weight excluding hydrogens is 334 g/mol. The van der Waals surface area contributed by atoms with Crippen molar-refractivity contribution in [2.75, 3.05) is 32.4 Å². The van der Waals surface area contributed by atoms with E-state index < -0.39 is 10.0 Å². The van der Waals surface area contributed by atoms with Gasteiger partial charge in [0.25, 0.3) is 0 Å². The Morgan fingerprint density at radius 3 is 2.52 bits per heavy atom. The second-order valence-corrected chi connectivity index (χ2v) is 9.33. The minimum Gasteiger partial charge on any atom is -0.343 e. The van der Waals surface area contributed by atoms with Crippen LogP contribution in [0.3, 0.4) is 0 Å². The molecule has 2 aliphatic heterocycles. The van der Waals surface area contributed by atoms with Gasteiger partial charge in [0.2, 0.25) is 10.0 Å². The predicted octanol–water partition coefficient (Wildman–Crippen LogP) is 2.44. The van der Waals surface area contributed by atoms with Crippen LogP contribution in [0.4, 0.5) is 0 Å². The van der Waals surface area contributed by atoms with Crippen LogP contribution < -0.4 is 0 Å². The van der Waals surface area contributed by atoms with Crippen molar-refractivity contribution < 1.29 is 8.42 Å². The molecule has 6 heteroatoms. The van der Waals surface area contributed by atoms with Gasteiger partial charge in [0.15, 0.2) is 0 Å². The Bertz CT molecular complexity index is 866. The zero-order chi connectivity index (χ0) is 17.4. The van der Waals surface area contributed by atoms with Crippen LogP contribution in [0.25, 0.3) is 10.9 Å². The van der Waals surface area contributed by atoms with Gasteiger partial charge < -0.3 is 9.47 Å². The Kier molecular flexibility index (Phi) is 4.60. The number of rotatable bonds is 4. The standard InChI is InChI=1S/C19H27N3O2S/c1-25(23,24)21-12-9-19-17(15-21)16-7-3-4-8-18(16)22(19)14-13-20-10-5-2-6-11-20/h3-4,7-8H,2,5-6,9-15H2,1H3. The SMILES string of the molecule is CS(=O)(=O)N1CCc2c(c3ccccc3n2CCN2CCCCC2)C1. The van der Waals surface area contributed by atoms with Crippen molar-refractivity contribution in [1.82, 2.24) is 13.8 Å². The lowest BCUT2D eigenvalue weighted by molar-refractivity contribution is 0.220. The Labute approximate surface area is 150 Å². The summed E-state index contributed by atoms with van der Waals surface area (Å²) in [6, 6.07) is 8.45. The summed E-state index contributed by atoms with van der Waals surface area (Å²) in [5.74, 6) is 0. The van der Waals surface area contributed by atoms with E-state index in [-0.39, 0.29) is 0 Å². The average Bonchev–Trinajstić information content (AvgIpc) is 2.93. The van der Waals surface area contributed by atoms with Crippen LogP contribution in [0.5, 0.6) is 0 Å². The van der Waals surface area contributed by atoms with Gasteiger partial charge in [0.05, 0.1) is 6.26 Å². The number of aromatic nitrogens is 1. The lowest BCUT2D eigenvalue weighted by Crippen LogP contribution is -2.36. The average molecular weight is 362 g/mol. The molecule has 0 radical (unpaired) electrons. The Morgan fingerprint density at radius 2 is 1.76 bits per heavy atom. The third kappa shape index (κ3) is 3.35. The molecule has 0 spiro atoms. The molecule has 0 amide bonds. The number of piperidine rings is 1. The Morgan fingerprint density at radius 1 is 1.00 bits per heavy atom. The third-order valence-corrected chi connectivity index (χ3v) is 6.93. The lowest BCUT2D eigenvalue weighted by Gasteiger charge is -2.28. The number of sulfonamides is 1. The van der Waals surface area contributed by atoms with E-state index in [9.17, 15) is 8.42 Å². The highest BCUT2D eigenvalue weighted by Gasteiger charge is 2.28. The molecule has 1 fully saturated rings. The molecule has 2 aliphatic rings. The van der Waals surface area contributed by atoms with E-state index in [0.717, 1.165) is 19.5 Å². The minimum atomic E-state index is -3.14. The van der Waals surface area contributed by atoms with E-state index in [0.29, 0.717) is 13.1 Å². The minimum absolute atomic E-state index is 0.505. The molecule has 5 nitrogen and oxygen atoms in total. The highest BCUT2D eigenvalue weighted by Crippen LogP contribution is 2.31. The van der Waals surface area contributed by atoms with Gasteiger partial charge in [-0.25, -0.2) is 8.42 Å². The molecule has 0 saturated carbocycles. The van der Waals surface area contributed by atoms with Crippen molar-refractivity contribution in [2.45, 2.75) is 38.8 Å². The maximum atomic E-state index is 12.0. The Balaban J connectivity index is 1.66. The van der Waals surface area contributed by atoms with Gasteiger partial charge >= 0.3 is 0 Å². The van der Waals surface area contributed by atoms with Crippen molar-refractivity contribution in [3.8, 4) is 0 Å². The molecule has 1 aromatic carbocycles. The second kappa shape index (κ2) is 6.74. The van der Waals surface area contributed by atoms with Crippen LogP contribution in [-0.2, 0) is 29.5 Å². The number of para-hydroxylation sites is 1. The predicted molar refractivity (Wildman–Crippen MR) is 101 cm³/mol. The summed E-state index contributed by atoms with van der Waals surface area (Å²) in [5.41, 5.74) is 3.78. The number of fused-ring (bicyclic) bond motifs is 3. The number of benzene rings is 1. The molecule has 1 saturated heterocycles. The maximum absolute atomic E-state index is 12.0. The third-order valence-electron chi connectivity index (χ3n) is 5.68. The van der Waals surface area contributed by atoms with E-state index in [4.69, 9.17) is 0 Å². The molecule has 3 heterocycles. The zero-order valence-corrected chi connectivity index (χ0v) is 15.8. The number of hydrogen-bond donors (Lipinski definition) is 0. The summed E-state index contributed by atoms with van der Waals surface area (Å²) in [6.45, 7) is 5.60. The van der Waals surface area contributed by atoms with Crippen LogP contribution in [0.1, 0.15) is 30.5 Å². The summed E-state index contributed by atoms with van der Waals surface area (Å²) < 4.78 is 28.0. The quantitative estimate of drug-likeness (QED) is 0.840. The molecule has 0 unspecified atom stereocenters. The van der Waals surface area contributed by atoms with Crippen molar-refractivity contribution >= 4 is 20.9 Å². The number of nitrogens with zero attached hydrogens (tertiary/aromatic N) is 3. The zero-order valence-electron chi connectivity index (χ0n) is 14.9. The smallest absolute Gasteiger partial charge is 0.211 e. The first-order valence-corrected chi connectivity index (χ1v) is 11.2. The highest BCUT2D eigenvalue weighted by molar-refractivity contribution is 7.88. The monoisotopic (exact) mass is 361 g/mol. The maximum Gasteiger partial charge on any atom is 0.211 e. The summed E-state index contributed by atoms with van der Waals surface area (Å²) in [7, 11) is -3.14. The van der Waals surface area contributed by atoms with E-state index in [1.165, 1.54) is 60.8 Å².